The molecule has 182 valence electrons. The number of benzene rings is 2. The minimum absolute atomic E-state index is 0.0514. The van der Waals surface area contributed by atoms with Crippen LogP contribution in [0.5, 0.6) is 0 Å². The van der Waals surface area contributed by atoms with Crippen LogP contribution in [-0.4, -0.2) is 49.7 Å². The summed E-state index contributed by atoms with van der Waals surface area (Å²) in [6.45, 7) is 5.57. The molecular formula is C27H30N4O4. The van der Waals surface area contributed by atoms with E-state index in [2.05, 4.69) is 16.7 Å². The van der Waals surface area contributed by atoms with Crippen LogP contribution in [0.25, 0.3) is 0 Å². The largest absolute Gasteiger partial charge is 0.381 e. The number of fused-ring (bicyclic) bond motifs is 2. The van der Waals surface area contributed by atoms with Crippen molar-refractivity contribution in [3.63, 3.8) is 0 Å². The predicted octanol–water partition coefficient (Wildman–Crippen LogP) is 3.69. The molecule has 35 heavy (non-hydrogen) atoms. The summed E-state index contributed by atoms with van der Waals surface area (Å²) in [7, 11) is 0. The minimum Gasteiger partial charge on any atom is -0.381 e. The summed E-state index contributed by atoms with van der Waals surface area (Å²) in [4.78, 5) is 27.5. The zero-order valence-corrected chi connectivity index (χ0v) is 19.9. The molecule has 3 amide bonds. The van der Waals surface area contributed by atoms with Gasteiger partial charge in [-0.05, 0) is 67.1 Å². The van der Waals surface area contributed by atoms with Crippen LogP contribution in [0, 0.1) is 24.2 Å². The summed E-state index contributed by atoms with van der Waals surface area (Å²) in [5, 5.41) is 15.0. The number of carbonyl (C=O) groups is 2. The number of amides is 3. The molecule has 0 unspecified atom stereocenters. The standard InChI is InChI=1S/C27H30N4O4/c1-18-2-4-21(13-24(18)30-26(33)29-15-20-6-11-34-16-20)25(32)31-9-7-27(8-10-31)23-5-3-19(14-28)12-22(23)17-35-27/h2-5,12-13,20H,6-11,15-17H2,1H3,(H2,29,30,33)/t20-/m1/s1. The number of ether oxygens (including phenoxy) is 2. The van der Waals surface area contributed by atoms with Gasteiger partial charge in [0, 0.05) is 43.4 Å². The van der Waals surface area contributed by atoms with Gasteiger partial charge in [0.2, 0.25) is 0 Å². The fourth-order valence-corrected chi connectivity index (χ4v) is 5.23. The summed E-state index contributed by atoms with van der Waals surface area (Å²) < 4.78 is 11.6. The average molecular weight is 475 g/mol. The number of aryl methyl sites for hydroxylation is 1. The second-order valence-corrected chi connectivity index (χ2v) is 9.65. The molecule has 0 aliphatic carbocycles. The van der Waals surface area contributed by atoms with Crippen molar-refractivity contribution in [3.8, 4) is 6.07 Å². The molecule has 8 heteroatoms. The van der Waals surface area contributed by atoms with Gasteiger partial charge in [0.25, 0.3) is 5.91 Å². The molecule has 1 atom stereocenters. The first-order chi connectivity index (χ1) is 17.0. The Kier molecular flexibility index (Phi) is 6.46. The number of nitrogens with zero attached hydrogens (tertiary/aromatic N) is 2. The fraction of sp³-hybridized carbons (Fsp3) is 0.444. The van der Waals surface area contributed by atoms with E-state index >= 15 is 0 Å². The zero-order valence-electron chi connectivity index (χ0n) is 19.9. The molecule has 2 saturated heterocycles. The number of hydrogen-bond donors (Lipinski definition) is 2. The first-order valence-electron chi connectivity index (χ1n) is 12.2. The minimum atomic E-state index is -0.386. The predicted molar refractivity (Wildman–Crippen MR) is 130 cm³/mol. The monoisotopic (exact) mass is 474 g/mol. The number of piperidine rings is 1. The maximum absolute atomic E-state index is 13.3. The quantitative estimate of drug-likeness (QED) is 0.704. The second kappa shape index (κ2) is 9.68. The molecule has 2 aromatic rings. The van der Waals surface area contributed by atoms with E-state index in [-0.39, 0.29) is 17.5 Å². The van der Waals surface area contributed by atoms with Crippen molar-refractivity contribution >= 4 is 17.6 Å². The Balaban J connectivity index is 1.21. The van der Waals surface area contributed by atoms with Crippen molar-refractivity contribution < 1.29 is 19.1 Å². The van der Waals surface area contributed by atoms with E-state index < -0.39 is 0 Å². The first kappa shape index (κ1) is 23.3. The molecule has 5 rings (SSSR count). The van der Waals surface area contributed by atoms with Crippen molar-refractivity contribution in [1.82, 2.24) is 10.2 Å². The summed E-state index contributed by atoms with van der Waals surface area (Å²) in [5.74, 6) is 0.297. The van der Waals surface area contributed by atoms with E-state index in [9.17, 15) is 9.59 Å². The highest BCUT2D eigenvalue weighted by atomic mass is 16.5. The summed E-state index contributed by atoms with van der Waals surface area (Å²) in [5.41, 5.74) is 4.54. The van der Waals surface area contributed by atoms with Crippen LogP contribution >= 0.6 is 0 Å². The molecule has 0 radical (unpaired) electrons. The lowest BCUT2D eigenvalue weighted by molar-refractivity contribution is -0.0741. The van der Waals surface area contributed by atoms with Crippen LogP contribution in [-0.2, 0) is 21.7 Å². The Morgan fingerprint density at radius 1 is 1.20 bits per heavy atom. The van der Waals surface area contributed by atoms with Crippen molar-refractivity contribution in [2.24, 2.45) is 5.92 Å². The van der Waals surface area contributed by atoms with E-state index in [0.717, 1.165) is 29.7 Å². The van der Waals surface area contributed by atoms with E-state index in [1.165, 1.54) is 0 Å². The third kappa shape index (κ3) is 4.75. The Morgan fingerprint density at radius 2 is 2.03 bits per heavy atom. The normalized spacial score (nSPS) is 20.3. The van der Waals surface area contributed by atoms with Crippen LogP contribution in [0.4, 0.5) is 10.5 Å². The topological polar surface area (TPSA) is 104 Å². The van der Waals surface area contributed by atoms with E-state index in [1.54, 1.807) is 6.07 Å². The van der Waals surface area contributed by atoms with Gasteiger partial charge in [-0.2, -0.15) is 5.26 Å². The molecule has 3 aliphatic heterocycles. The molecule has 3 heterocycles. The second-order valence-electron chi connectivity index (χ2n) is 9.65. The third-order valence-corrected chi connectivity index (χ3v) is 7.40. The van der Waals surface area contributed by atoms with Gasteiger partial charge in [0.15, 0.2) is 0 Å². The van der Waals surface area contributed by atoms with E-state index in [1.807, 2.05) is 42.2 Å². The van der Waals surface area contributed by atoms with Crippen LogP contribution in [0.2, 0.25) is 0 Å². The van der Waals surface area contributed by atoms with Gasteiger partial charge in [-0.15, -0.1) is 0 Å². The summed E-state index contributed by atoms with van der Waals surface area (Å²) in [6.07, 6.45) is 2.38. The lowest BCUT2D eigenvalue weighted by atomic mass is 9.83. The van der Waals surface area contributed by atoms with E-state index in [0.29, 0.717) is 68.4 Å². The Bertz CT molecular complexity index is 1170. The lowest BCUT2D eigenvalue weighted by Crippen LogP contribution is -2.45. The fourth-order valence-electron chi connectivity index (χ4n) is 5.23. The molecule has 0 saturated carbocycles. The van der Waals surface area contributed by atoms with Gasteiger partial charge in [0.05, 0.1) is 30.4 Å². The number of anilines is 1. The SMILES string of the molecule is Cc1ccc(C(=O)N2CCC3(CC2)OCc2cc(C#N)ccc23)cc1NC(=O)NC[C@H]1CCOC1. The van der Waals surface area contributed by atoms with Crippen LogP contribution in [0.15, 0.2) is 36.4 Å². The van der Waals surface area contributed by atoms with Gasteiger partial charge < -0.3 is 25.0 Å². The number of rotatable bonds is 4. The van der Waals surface area contributed by atoms with Gasteiger partial charge in [-0.25, -0.2) is 4.79 Å². The van der Waals surface area contributed by atoms with Gasteiger partial charge in [-0.3, -0.25) is 4.79 Å². The van der Waals surface area contributed by atoms with Crippen LogP contribution < -0.4 is 10.6 Å². The number of nitrogens with one attached hydrogen (secondary N) is 2. The van der Waals surface area contributed by atoms with Crippen molar-refractivity contribution in [1.29, 1.82) is 5.26 Å². The highest BCUT2D eigenvalue weighted by Gasteiger charge is 2.43. The Morgan fingerprint density at radius 3 is 2.77 bits per heavy atom. The molecule has 8 nitrogen and oxygen atoms in total. The molecule has 0 aromatic heterocycles. The molecule has 2 N–H and O–H groups in total. The smallest absolute Gasteiger partial charge is 0.319 e. The molecule has 2 aromatic carbocycles. The number of nitriles is 1. The molecule has 0 bridgehead atoms. The van der Waals surface area contributed by atoms with Gasteiger partial charge in [0.1, 0.15) is 0 Å². The van der Waals surface area contributed by atoms with Crippen molar-refractivity contribution in [2.75, 3.05) is 38.2 Å². The lowest BCUT2D eigenvalue weighted by Gasteiger charge is -2.39. The van der Waals surface area contributed by atoms with Crippen LogP contribution in [0.3, 0.4) is 0 Å². The summed E-state index contributed by atoms with van der Waals surface area (Å²) >= 11 is 0. The molecule has 2 fully saturated rings. The molecule has 3 aliphatic rings. The number of hydrogen-bond acceptors (Lipinski definition) is 5. The highest BCUT2D eigenvalue weighted by Crippen LogP contribution is 2.44. The van der Waals surface area contributed by atoms with Crippen molar-refractivity contribution in [2.45, 2.75) is 38.4 Å². The zero-order chi connectivity index (χ0) is 24.4. The number of likely N-dealkylation sites (tertiary alicyclic amines) is 1. The number of carbonyl (C=O) groups excluding carboxylic acids is 2. The Labute approximate surface area is 205 Å². The summed E-state index contributed by atoms with van der Waals surface area (Å²) in [6, 6.07) is 13.1. The van der Waals surface area contributed by atoms with Crippen molar-refractivity contribution in [3.05, 3.63) is 64.2 Å². The third-order valence-electron chi connectivity index (χ3n) is 7.40. The Hall–Kier alpha value is -3.41. The maximum atomic E-state index is 13.3. The maximum Gasteiger partial charge on any atom is 0.319 e. The van der Waals surface area contributed by atoms with Gasteiger partial charge in [-0.1, -0.05) is 12.1 Å². The molecular weight excluding hydrogens is 444 g/mol. The highest BCUT2D eigenvalue weighted by molar-refractivity contribution is 5.97. The number of urea groups is 1. The first-order valence-corrected chi connectivity index (χ1v) is 12.2. The average Bonchev–Trinajstić information content (AvgIpc) is 3.52. The van der Waals surface area contributed by atoms with Gasteiger partial charge >= 0.3 is 6.03 Å². The molecule has 1 spiro atoms. The van der Waals surface area contributed by atoms with Crippen LogP contribution in [0.1, 0.15) is 51.9 Å². The van der Waals surface area contributed by atoms with E-state index in [4.69, 9.17) is 14.7 Å².